The molecule has 1 saturated heterocycles. The monoisotopic (exact) mass is 391 g/mol. The first-order valence-electron chi connectivity index (χ1n) is 9.17. The SMILES string of the molecule is COc1cccc(-c2nc(-c3noc4ccc(C(=O)N5CCCO5)cc34)co2)c1. The van der Waals surface area contributed by atoms with E-state index in [4.69, 9.17) is 18.5 Å². The third-order valence-corrected chi connectivity index (χ3v) is 4.76. The molecule has 1 aliphatic heterocycles. The Balaban J connectivity index is 1.51. The highest BCUT2D eigenvalue weighted by Gasteiger charge is 2.23. The van der Waals surface area contributed by atoms with E-state index in [0.717, 1.165) is 12.0 Å². The average molecular weight is 391 g/mol. The van der Waals surface area contributed by atoms with Crippen molar-refractivity contribution in [3.8, 4) is 28.6 Å². The molecule has 1 amide bonds. The van der Waals surface area contributed by atoms with Gasteiger partial charge in [0, 0.05) is 11.1 Å². The van der Waals surface area contributed by atoms with Crippen molar-refractivity contribution >= 4 is 16.9 Å². The van der Waals surface area contributed by atoms with Crippen LogP contribution in [-0.4, -0.2) is 41.4 Å². The molecule has 0 saturated carbocycles. The standard InChI is InChI=1S/C21H17N3O5/c1-26-15-5-2-4-13(10-15)20-22-17(12-27-20)19-16-11-14(6-7-18(16)29-23-19)21(25)24-8-3-9-28-24/h2,4-7,10-12H,3,8-9H2,1H3. The van der Waals surface area contributed by atoms with Crippen LogP contribution in [-0.2, 0) is 4.84 Å². The van der Waals surface area contributed by atoms with Crippen LogP contribution in [0.3, 0.4) is 0 Å². The summed E-state index contributed by atoms with van der Waals surface area (Å²) in [6.07, 6.45) is 2.35. The number of hydrogen-bond donors (Lipinski definition) is 0. The van der Waals surface area contributed by atoms with Crippen molar-refractivity contribution in [1.82, 2.24) is 15.2 Å². The summed E-state index contributed by atoms with van der Waals surface area (Å²) in [6, 6.07) is 12.6. The van der Waals surface area contributed by atoms with Crippen LogP contribution in [0, 0.1) is 0 Å². The number of hydroxylamine groups is 2. The first-order chi connectivity index (χ1) is 14.2. The fourth-order valence-corrected chi connectivity index (χ4v) is 3.28. The van der Waals surface area contributed by atoms with Gasteiger partial charge in [0.05, 0.1) is 25.6 Å². The number of ether oxygens (including phenoxy) is 1. The lowest BCUT2D eigenvalue weighted by molar-refractivity contribution is -0.0768. The van der Waals surface area contributed by atoms with Gasteiger partial charge in [-0.25, -0.2) is 10.0 Å². The molecule has 0 atom stereocenters. The average Bonchev–Trinajstić information content (AvgIpc) is 3.53. The highest BCUT2D eigenvalue weighted by Crippen LogP contribution is 2.31. The quantitative estimate of drug-likeness (QED) is 0.520. The molecule has 8 nitrogen and oxygen atoms in total. The van der Waals surface area contributed by atoms with Gasteiger partial charge < -0.3 is 13.7 Å². The molecular formula is C21H17N3O5. The van der Waals surface area contributed by atoms with Crippen LogP contribution in [0.2, 0.25) is 0 Å². The van der Waals surface area contributed by atoms with E-state index in [1.165, 1.54) is 11.3 Å². The second-order valence-corrected chi connectivity index (χ2v) is 6.61. The molecule has 1 fully saturated rings. The molecule has 0 radical (unpaired) electrons. The fourth-order valence-electron chi connectivity index (χ4n) is 3.28. The van der Waals surface area contributed by atoms with E-state index in [9.17, 15) is 4.79 Å². The number of rotatable bonds is 4. The zero-order valence-electron chi connectivity index (χ0n) is 15.6. The number of carbonyl (C=O) groups excluding carboxylic acids is 1. The molecule has 29 heavy (non-hydrogen) atoms. The smallest absolute Gasteiger partial charge is 0.277 e. The number of nitrogens with zero attached hydrogens (tertiary/aromatic N) is 3. The molecular weight excluding hydrogens is 374 g/mol. The number of aromatic nitrogens is 2. The molecule has 0 N–H and O–H groups in total. The molecule has 2 aromatic heterocycles. The van der Waals surface area contributed by atoms with E-state index >= 15 is 0 Å². The molecule has 0 unspecified atom stereocenters. The predicted molar refractivity (Wildman–Crippen MR) is 103 cm³/mol. The van der Waals surface area contributed by atoms with Gasteiger partial charge in [0.1, 0.15) is 23.4 Å². The summed E-state index contributed by atoms with van der Waals surface area (Å²) < 4.78 is 16.3. The van der Waals surface area contributed by atoms with Crippen molar-refractivity contribution in [1.29, 1.82) is 0 Å². The van der Waals surface area contributed by atoms with Gasteiger partial charge in [-0.15, -0.1) is 0 Å². The van der Waals surface area contributed by atoms with Gasteiger partial charge in [-0.2, -0.15) is 0 Å². The Kier molecular flexibility index (Phi) is 4.25. The largest absolute Gasteiger partial charge is 0.497 e. The van der Waals surface area contributed by atoms with Crippen molar-refractivity contribution in [2.45, 2.75) is 6.42 Å². The van der Waals surface area contributed by atoms with Gasteiger partial charge in [0.15, 0.2) is 5.58 Å². The summed E-state index contributed by atoms with van der Waals surface area (Å²) >= 11 is 0. The molecule has 4 aromatic rings. The zero-order chi connectivity index (χ0) is 19.8. The molecule has 5 rings (SSSR count). The van der Waals surface area contributed by atoms with E-state index < -0.39 is 0 Å². The fraction of sp³-hybridized carbons (Fsp3) is 0.190. The summed E-state index contributed by atoms with van der Waals surface area (Å²) in [5.74, 6) is 0.961. The van der Waals surface area contributed by atoms with Crippen LogP contribution < -0.4 is 4.74 Å². The number of oxazole rings is 1. The highest BCUT2D eigenvalue weighted by atomic mass is 16.7. The Labute approximate surface area is 165 Å². The first-order valence-corrected chi connectivity index (χ1v) is 9.17. The number of carbonyl (C=O) groups is 1. The molecule has 0 bridgehead atoms. The summed E-state index contributed by atoms with van der Waals surface area (Å²) in [5.41, 5.74) is 2.87. The molecule has 1 aliphatic rings. The maximum Gasteiger partial charge on any atom is 0.277 e. The molecule has 0 aliphatic carbocycles. The van der Waals surface area contributed by atoms with Gasteiger partial charge in [-0.1, -0.05) is 11.2 Å². The van der Waals surface area contributed by atoms with Gasteiger partial charge in [0.2, 0.25) is 5.89 Å². The Morgan fingerprint density at radius 2 is 2.14 bits per heavy atom. The summed E-state index contributed by atoms with van der Waals surface area (Å²) in [5, 5.41) is 6.19. The number of methoxy groups -OCH3 is 1. The number of fused-ring (bicyclic) bond motifs is 1. The van der Waals surface area contributed by atoms with E-state index in [1.807, 2.05) is 24.3 Å². The third kappa shape index (κ3) is 3.13. The minimum Gasteiger partial charge on any atom is -0.497 e. The van der Waals surface area contributed by atoms with Crippen LogP contribution >= 0.6 is 0 Å². The highest BCUT2D eigenvalue weighted by molar-refractivity contribution is 6.00. The lowest BCUT2D eigenvalue weighted by Crippen LogP contribution is -2.26. The summed E-state index contributed by atoms with van der Waals surface area (Å²) in [7, 11) is 1.60. The second kappa shape index (κ2) is 7.06. The van der Waals surface area contributed by atoms with E-state index in [2.05, 4.69) is 10.1 Å². The molecule has 8 heteroatoms. The second-order valence-electron chi connectivity index (χ2n) is 6.61. The maximum absolute atomic E-state index is 12.6. The predicted octanol–water partition coefficient (Wildman–Crippen LogP) is 3.94. The molecule has 3 heterocycles. The Morgan fingerprint density at radius 1 is 1.21 bits per heavy atom. The van der Waals surface area contributed by atoms with Crippen LogP contribution in [0.25, 0.3) is 33.8 Å². The minimum atomic E-state index is -0.186. The van der Waals surface area contributed by atoms with Crippen molar-refractivity contribution in [2.75, 3.05) is 20.3 Å². The first kappa shape index (κ1) is 17.4. The van der Waals surface area contributed by atoms with Crippen molar-refractivity contribution in [3.05, 3.63) is 54.3 Å². The van der Waals surface area contributed by atoms with Crippen molar-refractivity contribution in [3.63, 3.8) is 0 Å². The minimum absolute atomic E-state index is 0.186. The van der Waals surface area contributed by atoms with Gasteiger partial charge in [-0.05, 0) is 42.8 Å². The van der Waals surface area contributed by atoms with E-state index in [1.54, 1.807) is 25.3 Å². The normalized spacial score (nSPS) is 13.9. The van der Waals surface area contributed by atoms with E-state index in [-0.39, 0.29) is 5.91 Å². The van der Waals surface area contributed by atoms with Crippen molar-refractivity contribution in [2.24, 2.45) is 0 Å². The lowest BCUT2D eigenvalue weighted by Gasteiger charge is -2.13. The number of amides is 1. The van der Waals surface area contributed by atoms with Gasteiger partial charge in [-0.3, -0.25) is 9.63 Å². The number of hydrogen-bond acceptors (Lipinski definition) is 7. The maximum atomic E-state index is 12.6. The van der Waals surface area contributed by atoms with Crippen molar-refractivity contribution < 1.29 is 23.3 Å². The van der Waals surface area contributed by atoms with Crippen LogP contribution in [0.4, 0.5) is 0 Å². The summed E-state index contributed by atoms with van der Waals surface area (Å²) in [6.45, 7) is 1.14. The molecule has 146 valence electrons. The van der Waals surface area contributed by atoms with Gasteiger partial charge >= 0.3 is 0 Å². The van der Waals surface area contributed by atoms with Crippen LogP contribution in [0.1, 0.15) is 16.8 Å². The molecule has 2 aromatic carbocycles. The third-order valence-electron chi connectivity index (χ3n) is 4.76. The molecule has 0 spiro atoms. The Hall–Kier alpha value is -3.65. The van der Waals surface area contributed by atoms with E-state index in [0.29, 0.717) is 52.7 Å². The van der Waals surface area contributed by atoms with Crippen LogP contribution in [0.5, 0.6) is 5.75 Å². The van der Waals surface area contributed by atoms with Crippen LogP contribution in [0.15, 0.2) is 57.7 Å². The summed E-state index contributed by atoms with van der Waals surface area (Å²) in [4.78, 5) is 22.5. The Bertz CT molecular complexity index is 1190. The Morgan fingerprint density at radius 3 is 2.97 bits per heavy atom. The topological polar surface area (TPSA) is 90.8 Å². The zero-order valence-corrected chi connectivity index (χ0v) is 15.6. The number of benzene rings is 2. The lowest BCUT2D eigenvalue weighted by atomic mass is 10.1. The van der Waals surface area contributed by atoms with Gasteiger partial charge in [0.25, 0.3) is 5.91 Å².